The number of carbonyl (C=O) groups is 1. The fourth-order valence-corrected chi connectivity index (χ4v) is 3.48. The average molecular weight is 389 g/mol. The minimum absolute atomic E-state index is 0.147. The Balaban J connectivity index is 1.61. The third kappa shape index (κ3) is 4.08. The van der Waals surface area contributed by atoms with Crippen molar-refractivity contribution < 1.29 is 9.53 Å². The van der Waals surface area contributed by atoms with Crippen LogP contribution in [0.5, 0.6) is 11.6 Å². The number of ether oxygens (including phenoxy) is 1. The highest BCUT2D eigenvalue weighted by Crippen LogP contribution is 2.33. The van der Waals surface area contributed by atoms with Crippen LogP contribution in [-0.2, 0) is 0 Å². The third-order valence-electron chi connectivity index (χ3n) is 4.97. The number of benzene rings is 1. The molecule has 1 atom stereocenters. The summed E-state index contributed by atoms with van der Waals surface area (Å²) in [6, 6.07) is 9.40. The smallest absolute Gasteiger partial charge is 0.274 e. The molecule has 3 aromatic rings. The second kappa shape index (κ2) is 7.95. The first-order chi connectivity index (χ1) is 14.0. The summed E-state index contributed by atoms with van der Waals surface area (Å²) >= 11 is 0. The lowest BCUT2D eigenvalue weighted by Gasteiger charge is -2.23. The maximum atomic E-state index is 13.0. The summed E-state index contributed by atoms with van der Waals surface area (Å²) in [5, 5.41) is 0. The van der Waals surface area contributed by atoms with Gasteiger partial charge >= 0.3 is 0 Å². The van der Waals surface area contributed by atoms with Gasteiger partial charge in [0.1, 0.15) is 11.4 Å². The van der Waals surface area contributed by atoms with Gasteiger partial charge in [0.05, 0.1) is 17.9 Å². The van der Waals surface area contributed by atoms with Crippen LogP contribution in [-0.4, -0.2) is 37.3 Å². The van der Waals surface area contributed by atoms with Crippen molar-refractivity contribution >= 4 is 5.91 Å². The van der Waals surface area contributed by atoms with Crippen molar-refractivity contribution in [1.82, 2.24) is 24.8 Å². The third-order valence-corrected chi connectivity index (χ3v) is 4.97. The number of nitrogens with zero attached hydrogens (tertiary/aromatic N) is 5. The molecule has 148 valence electrons. The predicted octanol–water partition coefficient (Wildman–Crippen LogP) is 3.96. The summed E-state index contributed by atoms with van der Waals surface area (Å²) in [5.41, 5.74) is 2.94. The Labute approximate surface area is 169 Å². The molecule has 0 bridgehead atoms. The van der Waals surface area contributed by atoms with Crippen LogP contribution in [0.4, 0.5) is 0 Å². The van der Waals surface area contributed by atoms with Crippen LogP contribution in [0.15, 0.2) is 42.7 Å². The summed E-state index contributed by atoms with van der Waals surface area (Å²) in [6.45, 7) is 6.38. The van der Waals surface area contributed by atoms with E-state index in [0.29, 0.717) is 23.9 Å². The van der Waals surface area contributed by atoms with Gasteiger partial charge in [-0.15, -0.1) is 0 Å². The van der Waals surface area contributed by atoms with Crippen LogP contribution in [0.2, 0.25) is 0 Å². The van der Waals surface area contributed by atoms with Crippen LogP contribution < -0.4 is 4.74 Å². The van der Waals surface area contributed by atoms with Gasteiger partial charge < -0.3 is 9.64 Å². The molecular formula is C22H23N5O2. The number of para-hydroxylation sites is 1. The summed E-state index contributed by atoms with van der Waals surface area (Å²) in [5.74, 6) is 1.69. The van der Waals surface area contributed by atoms with Gasteiger partial charge in [0, 0.05) is 24.5 Å². The van der Waals surface area contributed by atoms with Crippen molar-refractivity contribution in [3.8, 4) is 11.6 Å². The number of likely N-dealkylation sites (tertiary alicyclic amines) is 1. The van der Waals surface area contributed by atoms with Crippen molar-refractivity contribution in [3.63, 3.8) is 0 Å². The van der Waals surface area contributed by atoms with Crippen LogP contribution in [0.1, 0.15) is 52.1 Å². The molecule has 2 aromatic heterocycles. The Morgan fingerprint density at radius 2 is 1.90 bits per heavy atom. The monoisotopic (exact) mass is 389 g/mol. The van der Waals surface area contributed by atoms with Crippen LogP contribution in [0.3, 0.4) is 0 Å². The molecule has 0 spiro atoms. The Hall–Kier alpha value is -3.35. The Morgan fingerprint density at radius 1 is 1.07 bits per heavy atom. The van der Waals surface area contributed by atoms with Gasteiger partial charge in [-0.25, -0.2) is 9.97 Å². The maximum Gasteiger partial charge on any atom is 0.274 e. The largest absolute Gasteiger partial charge is 0.439 e. The lowest BCUT2D eigenvalue weighted by atomic mass is 10.2. The number of hydrogen-bond donors (Lipinski definition) is 0. The first-order valence-corrected chi connectivity index (χ1v) is 9.70. The second-order valence-corrected chi connectivity index (χ2v) is 7.27. The van der Waals surface area contributed by atoms with Gasteiger partial charge in [-0.1, -0.05) is 18.2 Å². The lowest BCUT2D eigenvalue weighted by Crippen LogP contribution is -2.32. The molecule has 29 heavy (non-hydrogen) atoms. The van der Waals surface area contributed by atoms with Gasteiger partial charge in [0.25, 0.3) is 5.91 Å². The Morgan fingerprint density at radius 3 is 2.66 bits per heavy atom. The van der Waals surface area contributed by atoms with E-state index in [-0.39, 0.29) is 11.9 Å². The maximum absolute atomic E-state index is 13.0. The molecule has 1 fully saturated rings. The fourth-order valence-electron chi connectivity index (χ4n) is 3.48. The van der Waals surface area contributed by atoms with Gasteiger partial charge in [-0.05, 0) is 45.2 Å². The molecule has 3 heterocycles. The van der Waals surface area contributed by atoms with Crippen LogP contribution >= 0.6 is 0 Å². The summed E-state index contributed by atoms with van der Waals surface area (Å²) in [6.07, 6.45) is 4.83. The van der Waals surface area contributed by atoms with Gasteiger partial charge in [0.15, 0.2) is 5.82 Å². The number of aryl methyl sites for hydroxylation is 3. The van der Waals surface area contributed by atoms with E-state index in [9.17, 15) is 4.79 Å². The molecule has 7 nitrogen and oxygen atoms in total. The zero-order valence-electron chi connectivity index (χ0n) is 16.8. The highest BCUT2D eigenvalue weighted by Gasteiger charge is 2.33. The number of hydrogen-bond acceptors (Lipinski definition) is 6. The van der Waals surface area contributed by atoms with Gasteiger partial charge in [-0.3, -0.25) is 9.78 Å². The lowest BCUT2D eigenvalue weighted by molar-refractivity contribution is 0.0722. The molecule has 0 radical (unpaired) electrons. The molecule has 7 heteroatoms. The SMILES string of the molecule is Cc1cnc(C(=O)N2CCC[C@@H]2c2nc(C)cc(Oc3ccccc3C)n2)cn1. The van der Waals surface area contributed by atoms with E-state index in [1.807, 2.05) is 51.1 Å². The first-order valence-electron chi connectivity index (χ1n) is 9.70. The van der Waals surface area contributed by atoms with Crippen LogP contribution in [0, 0.1) is 20.8 Å². The molecule has 1 aliphatic heterocycles. The normalized spacial score (nSPS) is 16.1. The quantitative estimate of drug-likeness (QED) is 0.672. The van der Waals surface area contributed by atoms with E-state index in [0.717, 1.165) is 35.5 Å². The predicted molar refractivity (Wildman–Crippen MR) is 108 cm³/mol. The topological polar surface area (TPSA) is 81.1 Å². The molecule has 0 unspecified atom stereocenters. The standard InChI is InChI=1S/C22H23N5O2/c1-14-7-4-5-9-19(14)29-20-11-15(2)25-21(26-20)18-8-6-10-27(18)22(28)17-13-23-16(3)12-24-17/h4-5,7,9,11-13,18H,6,8,10H2,1-3H3/t18-/m1/s1. The van der Waals surface area contributed by atoms with E-state index in [4.69, 9.17) is 4.74 Å². The molecule has 1 saturated heterocycles. The molecule has 1 aromatic carbocycles. The Kier molecular flexibility index (Phi) is 5.20. The van der Waals surface area contributed by atoms with E-state index in [1.165, 1.54) is 6.20 Å². The summed E-state index contributed by atoms with van der Waals surface area (Å²) < 4.78 is 6.01. The zero-order chi connectivity index (χ0) is 20.4. The molecule has 1 amide bonds. The van der Waals surface area contributed by atoms with Crippen molar-refractivity contribution in [1.29, 1.82) is 0 Å². The number of rotatable bonds is 4. The number of aromatic nitrogens is 4. The molecule has 4 rings (SSSR count). The second-order valence-electron chi connectivity index (χ2n) is 7.27. The number of amides is 1. The van der Waals surface area contributed by atoms with E-state index in [1.54, 1.807) is 11.1 Å². The van der Waals surface area contributed by atoms with Gasteiger partial charge in [-0.2, -0.15) is 4.98 Å². The Bertz CT molecular complexity index is 1040. The fraction of sp³-hybridized carbons (Fsp3) is 0.318. The zero-order valence-corrected chi connectivity index (χ0v) is 16.8. The highest BCUT2D eigenvalue weighted by atomic mass is 16.5. The van der Waals surface area contributed by atoms with Crippen molar-refractivity contribution in [3.05, 3.63) is 71.2 Å². The van der Waals surface area contributed by atoms with E-state index < -0.39 is 0 Å². The molecular weight excluding hydrogens is 366 g/mol. The minimum atomic E-state index is -0.204. The highest BCUT2D eigenvalue weighted by molar-refractivity contribution is 5.92. The summed E-state index contributed by atoms with van der Waals surface area (Å²) in [7, 11) is 0. The molecule has 0 N–H and O–H groups in total. The molecule has 1 aliphatic rings. The average Bonchev–Trinajstić information content (AvgIpc) is 3.19. The van der Waals surface area contributed by atoms with E-state index in [2.05, 4.69) is 19.9 Å². The van der Waals surface area contributed by atoms with Crippen molar-refractivity contribution in [2.45, 2.75) is 39.7 Å². The first kappa shape index (κ1) is 19.0. The molecule has 0 saturated carbocycles. The van der Waals surface area contributed by atoms with Crippen molar-refractivity contribution in [2.75, 3.05) is 6.54 Å². The van der Waals surface area contributed by atoms with Gasteiger partial charge in [0.2, 0.25) is 5.88 Å². The molecule has 0 aliphatic carbocycles. The van der Waals surface area contributed by atoms with E-state index >= 15 is 0 Å². The number of carbonyl (C=O) groups excluding carboxylic acids is 1. The van der Waals surface area contributed by atoms with Crippen LogP contribution in [0.25, 0.3) is 0 Å². The van der Waals surface area contributed by atoms with Crippen molar-refractivity contribution in [2.24, 2.45) is 0 Å². The minimum Gasteiger partial charge on any atom is -0.439 e. The summed E-state index contributed by atoms with van der Waals surface area (Å²) in [4.78, 5) is 32.4.